The molecule has 0 aliphatic carbocycles. The molecule has 2 aromatic rings. The molecule has 0 N–H and O–H groups in total. The minimum Gasteiger partial charge on any atom is -0.493 e. The number of hydrogen-bond donors (Lipinski definition) is 0. The summed E-state index contributed by atoms with van der Waals surface area (Å²) < 4.78 is 16.7. The molecule has 0 fully saturated rings. The molecular formula is C25H34O4. The number of carbonyl (C=O) groups is 1. The van der Waals surface area contributed by atoms with Gasteiger partial charge in [-0.2, -0.15) is 0 Å². The Kier molecular flexibility index (Phi) is 8.56. The van der Waals surface area contributed by atoms with Crippen LogP contribution in [0.4, 0.5) is 0 Å². The standard InChI is InChI=1S/C25H34O4/c1-19(2)29-24(26)16-9-20-7-12-22(13-8-20)27-17-6-18-28-23-14-10-21(11-15-23)25(3,4)5/h7-8,10-15,19H,6,9,16-18H2,1-5H3. The van der Waals surface area contributed by atoms with Crippen molar-refractivity contribution in [3.05, 3.63) is 59.7 Å². The largest absolute Gasteiger partial charge is 0.493 e. The Hall–Kier alpha value is -2.49. The number of hydrogen-bond acceptors (Lipinski definition) is 4. The molecule has 2 aromatic carbocycles. The summed E-state index contributed by atoms with van der Waals surface area (Å²) in [6.07, 6.45) is 1.81. The molecule has 0 aliphatic rings. The number of carbonyl (C=O) groups excluding carboxylic acids is 1. The summed E-state index contributed by atoms with van der Waals surface area (Å²) in [6.45, 7) is 11.5. The van der Waals surface area contributed by atoms with Crippen LogP contribution in [0.2, 0.25) is 0 Å². The lowest BCUT2D eigenvalue weighted by Gasteiger charge is -2.19. The van der Waals surface area contributed by atoms with Gasteiger partial charge in [0.1, 0.15) is 11.5 Å². The minimum absolute atomic E-state index is 0.0647. The normalized spacial score (nSPS) is 11.4. The maximum atomic E-state index is 11.6. The van der Waals surface area contributed by atoms with E-state index in [1.807, 2.05) is 50.2 Å². The lowest BCUT2D eigenvalue weighted by Crippen LogP contribution is -2.11. The third-order valence-electron chi connectivity index (χ3n) is 4.45. The molecule has 0 saturated carbocycles. The molecule has 0 saturated heterocycles. The van der Waals surface area contributed by atoms with Gasteiger partial charge in [0.15, 0.2) is 0 Å². The number of esters is 1. The van der Waals surface area contributed by atoms with Crippen LogP contribution in [0.25, 0.3) is 0 Å². The van der Waals surface area contributed by atoms with Gasteiger partial charge in [0.2, 0.25) is 0 Å². The fourth-order valence-electron chi connectivity index (χ4n) is 2.81. The number of ether oxygens (including phenoxy) is 3. The van der Waals surface area contributed by atoms with Crippen LogP contribution in [-0.2, 0) is 21.4 Å². The highest BCUT2D eigenvalue weighted by atomic mass is 16.5. The first-order valence-corrected chi connectivity index (χ1v) is 10.4. The summed E-state index contributed by atoms with van der Waals surface area (Å²) in [5.41, 5.74) is 2.55. The highest BCUT2D eigenvalue weighted by molar-refractivity contribution is 5.69. The van der Waals surface area contributed by atoms with Gasteiger partial charge in [-0.25, -0.2) is 0 Å². The number of benzene rings is 2. The van der Waals surface area contributed by atoms with E-state index in [4.69, 9.17) is 14.2 Å². The SMILES string of the molecule is CC(C)OC(=O)CCc1ccc(OCCCOc2ccc(C(C)(C)C)cc2)cc1. The lowest BCUT2D eigenvalue weighted by molar-refractivity contribution is -0.147. The van der Waals surface area contributed by atoms with Gasteiger partial charge >= 0.3 is 5.97 Å². The molecule has 0 radical (unpaired) electrons. The highest BCUT2D eigenvalue weighted by Crippen LogP contribution is 2.24. The molecule has 0 aliphatic heterocycles. The van der Waals surface area contributed by atoms with E-state index in [9.17, 15) is 4.79 Å². The van der Waals surface area contributed by atoms with E-state index in [2.05, 4.69) is 32.9 Å². The average molecular weight is 399 g/mol. The molecule has 0 bridgehead atoms. The Morgan fingerprint density at radius 2 is 1.38 bits per heavy atom. The van der Waals surface area contributed by atoms with Crippen molar-refractivity contribution in [1.82, 2.24) is 0 Å². The molecule has 158 valence electrons. The lowest BCUT2D eigenvalue weighted by atomic mass is 9.87. The summed E-state index contributed by atoms with van der Waals surface area (Å²) in [7, 11) is 0. The molecule has 0 aromatic heterocycles. The third-order valence-corrected chi connectivity index (χ3v) is 4.45. The molecular weight excluding hydrogens is 364 g/mol. The van der Waals surface area contributed by atoms with Gasteiger partial charge in [-0.1, -0.05) is 45.0 Å². The highest BCUT2D eigenvalue weighted by Gasteiger charge is 2.12. The molecule has 0 spiro atoms. The average Bonchev–Trinajstić information content (AvgIpc) is 2.66. The fraction of sp³-hybridized carbons (Fsp3) is 0.480. The molecule has 0 unspecified atom stereocenters. The molecule has 4 nitrogen and oxygen atoms in total. The minimum atomic E-state index is -0.159. The first kappa shape index (κ1) is 22.8. The topological polar surface area (TPSA) is 44.8 Å². The van der Waals surface area contributed by atoms with Crippen molar-refractivity contribution in [2.75, 3.05) is 13.2 Å². The molecule has 0 amide bonds. The Labute approximate surface area is 175 Å². The van der Waals surface area contributed by atoms with Gasteiger partial charge in [-0.05, 0) is 61.1 Å². The first-order valence-electron chi connectivity index (χ1n) is 10.4. The maximum Gasteiger partial charge on any atom is 0.306 e. The predicted molar refractivity (Wildman–Crippen MR) is 117 cm³/mol. The number of rotatable bonds is 10. The van der Waals surface area contributed by atoms with Crippen LogP contribution in [0, 0.1) is 0 Å². The molecule has 4 heteroatoms. The zero-order valence-electron chi connectivity index (χ0n) is 18.4. The summed E-state index contributed by atoms with van der Waals surface area (Å²) in [5, 5.41) is 0. The van der Waals surface area contributed by atoms with Gasteiger partial charge < -0.3 is 14.2 Å². The van der Waals surface area contributed by atoms with E-state index < -0.39 is 0 Å². The molecule has 0 atom stereocenters. The Bertz CT molecular complexity index is 740. The van der Waals surface area contributed by atoms with Crippen molar-refractivity contribution in [1.29, 1.82) is 0 Å². The van der Waals surface area contributed by atoms with Crippen molar-refractivity contribution < 1.29 is 19.0 Å². The smallest absolute Gasteiger partial charge is 0.306 e. The van der Waals surface area contributed by atoms with E-state index in [0.29, 0.717) is 26.1 Å². The van der Waals surface area contributed by atoms with E-state index in [1.165, 1.54) is 5.56 Å². The second-order valence-electron chi connectivity index (χ2n) is 8.51. The van der Waals surface area contributed by atoms with Crippen molar-refractivity contribution in [3.8, 4) is 11.5 Å². The zero-order valence-corrected chi connectivity index (χ0v) is 18.4. The first-order chi connectivity index (χ1) is 13.7. The Balaban J connectivity index is 1.64. The van der Waals surface area contributed by atoms with Crippen molar-refractivity contribution in [2.45, 2.75) is 65.4 Å². The van der Waals surface area contributed by atoms with Crippen molar-refractivity contribution in [2.24, 2.45) is 0 Å². The van der Waals surface area contributed by atoms with E-state index in [-0.39, 0.29) is 17.5 Å². The molecule has 0 heterocycles. The van der Waals surface area contributed by atoms with Gasteiger partial charge in [-0.15, -0.1) is 0 Å². The van der Waals surface area contributed by atoms with Crippen LogP contribution in [0.15, 0.2) is 48.5 Å². The van der Waals surface area contributed by atoms with Gasteiger partial charge in [0.05, 0.1) is 19.3 Å². The van der Waals surface area contributed by atoms with Gasteiger partial charge in [-0.3, -0.25) is 4.79 Å². The van der Waals surface area contributed by atoms with Crippen LogP contribution in [0.3, 0.4) is 0 Å². The van der Waals surface area contributed by atoms with Crippen LogP contribution in [0.5, 0.6) is 11.5 Å². The fourth-order valence-corrected chi connectivity index (χ4v) is 2.81. The maximum absolute atomic E-state index is 11.6. The quantitative estimate of drug-likeness (QED) is 0.379. The van der Waals surface area contributed by atoms with Gasteiger partial charge in [0.25, 0.3) is 0 Å². The van der Waals surface area contributed by atoms with Crippen LogP contribution in [0.1, 0.15) is 58.6 Å². The van der Waals surface area contributed by atoms with E-state index >= 15 is 0 Å². The van der Waals surface area contributed by atoms with E-state index in [0.717, 1.165) is 23.5 Å². The van der Waals surface area contributed by atoms with E-state index in [1.54, 1.807) is 0 Å². The second kappa shape index (κ2) is 10.9. The van der Waals surface area contributed by atoms with Crippen LogP contribution >= 0.6 is 0 Å². The monoisotopic (exact) mass is 398 g/mol. The van der Waals surface area contributed by atoms with Crippen molar-refractivity contribution >= 4 is 5.97 Å². The summed E-state index contributed by atoms with van der Waals surface area (Å²) in [5.74, 6) is 1.56. The van der Waals surface area contributed by atoms with Crippen LogP contribution < -0.4 is 9.47 Å². The molecule has 29 heavy (non-hydrogen) atoms. The predicted octanol–water partition coefficient (Wildman–Crippen LogP) is 5.72. The van der Waals surface area contributed by atoms with Crippen molar-refractivity contribution in [3.63, 3.8) is 0 Å². The molecule has 2 rings (SSSR count). The summed E-state index contributed by atoms with van der Waals surface area (Å²) in [4.78, 5) is 11.6. The van der Waals surface area contributed by atoms with Gasteiger partial charge in [0, 0.05) is 12.8 Å². The Morgan fingerprint density at radius 3 is 1.86 bits per heavy atom. The Morgan fingerprint density at radius 1 is 0.862 bits per heavy atom. The summed E-state index contributed by atoms with van der Waals surface area (Å²) >= 11 is 0. The zero-order chi connectivity index (χ0) is 21.3. The van der Waals surface area contributed by atoms with Crippen LogP contribution in [-0.4, -0.2) is 25.3 Å². The second-order valence-corrected chi connectivity index (χ2v) is 8.51. The third kappa shape index (κ3) is 8.59. The number of aryl methyl sites for hydroxylation is 1. The summed E-state index contributed by atoms with van der Waals surface area (Å²) in [6, 6.07) is 16.2.